The molecule has 4 aromatic rings. The van der Waals surface area contributed by atoms with Gasteiger partial charge >= 0.3 is 0 Å². The van der Waals surface area contributed by atoms with E-state index in [1.165, 1.54) is 29.6 Å². The maximum absolute atomic E-state index is 12.9. The van der Waals surface area contributed by atoms with Gasteiger partial charge in [0.25, 0.3) is 5.91 Å². The van der Waals surface area contributed by atoms with Crippen molar-refractivity contribution >= 4 is 71.4 Å². The minimum Gasteiger partial charge on any atom is -0.397 e. The number of carbonyl (C=O) groups excluding carboxylic acids is 2. The molecule has 0 bridgehead atoms. The second kappa shape index (κ2) is 7.98. The molecule has 2 amide bonds. The molecule has 0 radical (unpaired) electrons. The van der Waals surface area contributed by atoms with Crippen LogP contribution in [0, 0.1) is 6.92 Å². The van der Waals surface area contributed by atoms with Crippen molar-refractivity contribution in [2.24, 2.45) is 0 Å². The molecular weight excluding hydrogens is 422 g/mol. The van der Waals surface area contributed by atoms with Crippen LogP contribution in [0.4, 0.5) is 16.5 Å². The van der Waals surface area contributed by atoms with Crippen LogP contribution in [0.25, 0.3) is 20.4 Å². The van der Waals surface area contributed by atoms with Crippen molar-refractivity contribution in [3.05, 3.63) is 40.4 Å². The fourth-order valence-corrected chi connectivity index (χ4v) is 5.17. The van der Waals surface area contributed by atoms with Crippen LogP contribution in [-0.2, 0) is 16.1 Å². The highest BCUT2D eigenvalue weighted by molar-refractivity contribution is 7.23. The van der Waals surface area contributed by atoms with Gasteiger partial charge in [-0.25, -0.2) is 9.97 Å². The Balaban J connectivity index is 1.65. The second-order valence-electron chi connectivity index (χ2n) is 6.72. The van der Waals surface area contributed by atoms with Gasteiger partial charge in [-0.3, -0.25) is 14.9 Å². The number of fused-ring (bicyclic) bond motifs is 2. The predicted octanol–water partition coefficient (Wildman–Crippen LogP) is 4.15. The van der Waals surface area contributed by atoms with Gasteiger partial charge in [0.15, 0.2) is 5.13 Å². The summed E-state index contributed by atoms with van der Waals surface area (Å²) in [5.74, 6) is -0.484. The van der Waals surface area contributed by atoms with E-state index >= 15 is 0 Å². The molecule has 3 heterocycles. The van der Waals surface area contributed by atoms with E-state index in [9.17, 15) is 9.59 Å². The topological polar surface area (TPSA) is 119 Å². The van der Waals surface area contributed by atoms with Gasteiger partial charge < -0.3 is 15.8 Å². The first-order valence-electron chi connectivity index (χ1n) is 9.02. The third kappa shape index (κ3) is 3.84. The van der Waals surface area contributed by atoms with Gasteiger partial charge in [0.2, 0.25) is 5.91 Å². The maximum atomic E-state index is 12.9. The van der Waals surface area contributed by atoms with Gasteiger partial charge in [-0.15, -0.1) is 11.3 Å². The molecule has 0 saturated heterocycles. The maximum Gasteiger partial charge on any atom is 0.269 e. The number of thiazole rings is 1. The normalized spacial score (nSPS) is 11.2. The van der Waals surface area contributed by atoms with E-state index in [0.29, 0.717) is 32.8 Å². The molecule has 0 saturated carbocycles. The summed E-state index contributed by atoms with van der Waals surface area (Å²) in [5, 5.41) is 6.77. The molecule has 30 heavy (non-hydrogen) atoms. The second-order valence-corrected chi connectivity index (χ2v) is 8.75. The first-order chi connectivity index (χ1) is 14.4. The molecule has 0 aliphatic heterocycles. The molecule has 0 unspecified atom stereocenters. The summed E-state index contributed by atoms with van der Waals surface area (Å²) in [7, 11) is 1.61. The Morgan fingerprint density at radius 1 is 1.17 bits per heavy atom. The quantitative estimate of drug-likeness (QED) is 0.428. The molecular formula is C20H19N5O3S2. The Labute approximate surface area is 180 Å². The minimum absolute atomic E-state index is 0.149. The first-order valence-corrected chi connectivity index (χ1v) is 10.7. The zero-order valence-corrected chi connectivity index (χ0v) is 18.2. The highest BCUT2D eigenvalue weighted by Gasteiger charge is 2.21. The number of thiophene rings is 1. The van der Waals surface area contributed by atoms with Crippen LogP contribution in [0.15, 0.2) is 24.3 Å². The number of carbonyl (C=O) groups is 2. The van der Waals surface area contributed by atoms with Gasteiger partial charge in [0, 0.05) is 30.8 Å². The molecule has 0 spiro atoms. The number of benzene rings is 1. The summed E-state index contributed by atoms with van der Waals surface area (Å²) in [6.45, 7) is 3.73. The van der Waals surface area contributed by atoms with E-state index in [0.717, 1.165) is 26.9 Å². The van der Waals surface area contributed by atoms with Crippen molar-refractivity contribution in [3.63, 3.8) is 0 Å². The van der Waals surface area contributed by atoms with Gasteiger partial charge in [-0.05, 0) is 36.8 Å². The Kier molecular flexibility index (Phi) is 5.37. The van der Waals surface area contributed by atoms with Crippen molar-refractivity contribution in [2.75, 3.05) is 23.5 Å². The van der Waals surface area contributed by atoms with E-state index in [2.05, 4.69) is 20.6 Å². The number of nitrogens with two attached hydrogens (primary N) is 1. The predicted molar refractivity (Wildman–Crippen MR) is 121 cm³/mol. The van der Waals surface area contributed by atoms with Crippen LogP contribution in [0.5, 0.6) is 0 Å². The largest absolute Gasteiger partial charge is 0.397 e. The van der Waals surface area contributed by atoms with Crippen molar-refractivity contribution < 1.29 is 14.3 Å². The van der Waals surface area contributed by atoms with Crippen molar-refractivity contribution in [3.8, 4) is 0 Å². The standard InChI is InChI=1S/C20H19N5O3S2/c1-9-6-11(8-28-3)15-16(21)17(30-19(15)22-9)18(27)25-20-24-13-5-4-12(23-10(2)26)7-14(13)29-20/h4-7H,8,21H2,1-3H3,(H,23,26)(H,24,25,27). The number of aryl methyl sites for hydroxylation is 1. The van der Waals surface area contributed by atoms with Gasteiger partial charge in [0.05, 0.1) is 22.5 Å². The fourth-order valence-electron chi connectivity index (χ4n) is 3.19. The number of amides is 2. The van der Waals surface area contributed by atoms with E-state index < -0.39 is 0 Å². The summed E-state index contributed by atoms with van der Waals surface area (Å²) in [6, 6.07) is 7.30. The number of hydrogen-bond donors (Lipinski definition) is 3. The van der Waals surface area contributed by atoms with E-state index in [1.54, 1.807) is 19.2 Å². The lowest BCUT2D eigenvalue weighted by Crippen LogP contribution is -2.11. The number of nitrogens with zero attached hydrogens (tertiary/aromatic N) is 2. The smallest absolute Gasteiger partial charge is 0.269 e. The molecule has 154 valence electrons. The van der Waals surface area contributed by atoms with Gasteiger partial charge in [-0.2, -0.15) is 0 Å². The molecule has 4 rings (SSSR count). The van der Waals surface area contributed by atoms with E-state index in [-0.39, 0.29) is 11.8 Å². The number of hydrogen-bond acceptors (Lipinski definition) is 8. The summed E-state index contributed by atoms with van der Waals surface area (Å²) in [5.41, 5.74) is 9.85. The average Bonchev–Trinajstić information content (AvgIpc) is 3.21. The zero-order chi connectivity index (χ0) is 21.4. The summed E-state index contributed by atoms with van der Waals surface area (Å²) < 4.78 is 6.11. The van der Waals surface area contributed by atoms with Crippen LogP contribution < -0.4 is 16.4 Å². The molecule has 0 atom stereocenters. The Morgan fingerprint density at radius 3 is 2.70 bits per heavy atom. The third-order valence-corrected chi connectivity index (χ3v) is 6.38. The molecule has 0 fully saturated rings. The molecule has 10 heteroatoms. The number of methoxy groups -OCH3 is 1. The molecule has 0 aliphatic rings. The third-order valence-electron chi connectivity index (χ3n) is 4.34. The minimum atomic E-state index is -0.335. The molecule has 8 nitrogen and oxygen atoms in total. The SMILES string of the molecule is COCc1cc(C)nc2sc(C(=O)Nc3nc4ccc(NC(C)=O)cc4s3)c(N)c12. The molecule has 0 aliphatic carbocycles. The number of aromatic nitrogens is 2. The highest BCUT2D eigenvalue weighted by atomic mass is 32.1. The molecule has 3 aromatic heterocycles. The van der Waals surface area contributed by atoms with E-state index in [1.807, 2.05) is 19.1 Å². The van der Waals surface area contributed by atoms with Crippen LogP contribution in [-0.4, -0.2) is 28.9 Å². The Morgan fingerprint density at radius 2 is 1.97 bits per heavy atom. The van der Waals surface area contributed by atoms with Crippen LogP contribution in [0.3, 0.4) is 0 Å². The van der Waals surface area contributed by atoms with Crippen LogP contribution >= 0.6 is 22.7 Å². The fraction of sp³-hybridized carbons (Fsp3) is 0.200. The summed E-state index contributed by atoms with van der Waals surface area (Å²) in [4.78, 5) is 34.2. The number of nitrogen functional groups attached to an aromatic ring is 1. The van der Waals surface area contributed by atoms with Crippen molar-refractivity contribution in [1.82, 2.24) is 9.97 Å². The number of nitrogens with one attached hydrogen (secondary N) is 2. The first kappa shape index (κ1) is 20.2. The number of anilines is 3. The lowest BCUT2D eigenvalue weighted by Gasteiger charge is -2.05. The molecule has 4 N–H and O–H groups in total. The van der Waals surface area contributed by atoms with Crippen LogP contribution in [0.1, 0.15) is 27.9 Å². The van der Waals surface area contributed by atoms with Gasteiger partial charge in [-0.1, -0.05) is 11.3 Å². The van der Waals surface area contributed by atoms with Crippen LogP contribution in [0.2, 0.25) is 0 Å². The zero-order valence-electron chi connectivity index (χ0n) is 16.5. The highest BCUT2D eigenvalue weighted by Crippen LogP contribution is 2.36. The number of ether oxygens (including phenoxy) is 1. The average molecular weight is 442 g/mol. The lowest BCUT2D eigenvalue weighted by atomic mass is 10.1. The van der Waals surface area contributed by atoms with E-state index in [4.69, 9.17) is 10.5 Å². The lowest BCUT2D eigenvalue weighted by molar-refractivity contribution is -0.114. The van der Waals surface area contributed by atoms with Crippen molar-refractivity contribution in [1.29, 1.82) is 0 Å². The van der Waals surface area contributed by atoms with Gasteiger partial charge in [0.1, 0.15) is 9.71 Å². The number of pyridine rings is 1. The monoisotopic (exact) mass is 441 g/mol. The number of rotatable bonds is 5. The summed E-state index contributed by atoms with van der Waals surface area (Å²) in [6.07, 6.45) is 0. The van der Waals surface area contributed by atoms with Crippen molar-refractivity contribution in [2.45, 2.75) is 20.5 Å². The summed E-state index contributed by atoms with van der Waals surface area (Å²) >= 11 is 2.57. The Bertz CT molecular complexity index is 1290. The molecule has 1 aromatic carbocycles. The Hall–Kier alpha value is -3.08.